The molecule has 5 heteroatoms. The second kappa shape index (κ2) is 5.77. The molecule has 0 saturated heterocycles. The van der Waals surface area contributed by atoms with Gasteiger partial charge in [0.25, 0.3) is 0 Å². The number of amides is 1. The molecule has 1 amide bonds. The van der Waals surface area contributed by atoms with E-state index in [9.17, 15) is 4.79 Å². The summed E-state index contributed by atoms with van der Waals surface area (Å²) in [4.78, 5) is 17.7. The second-order valence-electron chi connectivity index (χ2n) is 4.89. The van der Waals surface area contributed by atoms with Crippen molar-refractivity contribution in [2.75, 3.05) is 31.3 Å². The number of nitrogens with zero attached hydrogens (tertiary/aromatic N) is 2. The minimum absolute atomic E-state index is 0.0365. The zero-order valence-corrected chi connectivity index (χ0v) is 12.1. The number of hydrogen-bond acceptors (Lipinski definition) is 4. The van der Waals surface area contributed by atoms with Gasteiger partial charge in [-0.15, -0.1) is 0 Å². The molecule has 0 atom stereocenters. The van der Waals surface area contributed by atoms with Crippen molar-refractivity contribution in [3.05, 3.63) is 30.1 Å². The lowest BCUT2D eigenvalue weighted by molar-refractivity contribution is -0.120. The van der Waals surface area contributed by atoms with Crippen LogP contribution in [-0.4, -0.2) is 31.5 Å². The maximum absolute atomic E-state index is 11.4. The van der Waals surface area contributed by atoms with Crippen LogP contribution in [0.3, 0.4) is 0 Å². The first-order chi connectivity index (χ1) is 9.52. The van der Waals surface area contributed by atoms with Crippen LogP contribution in [0.5, 0.6) is 0 Å². The quantitative estimate of drug-likeness (QED) is 0.831. The lowest BCUT2D eigenvalue weighted by Gasteiger charge is -2.21. The average molecular weight is 272 g/mol. The van der Waals surface area contributed by atoms with Crippen LogP contribution in [0, 0.1) is 6.92 Å². The van der Waals surface area contributed by atoms with Crippen LogP contribution < -0.4 is 16.0 Å². The number of hydrogen-bond donors (Lipinski definition) is 2. The van der Waals surface area contributed by atoms with Gasteiger partial charge in [0, 0.05) is 61.1 Å². The van der Waals surface area contributed by atoms with Crippen molar-refractivity contribution in [1.29, 1.82) is 0 Å². The molecule has 0 saturated carbocycles. The van der Waals surface area contributed by atoms with Gasteiger partial charge in [0.1, 0.15) is 0 Å². The first kappa shape index (κ1) is 14.1. The summed E-state index contributed by atoms with van der Waals surface area (Å²) in [5.74, 6) is 0.0365. The minimum atomic E-state index is 0.0365. The highest BCUT2D eigenvalue weighted by Gasteiger charge is 2.10. The number of rotatable bonds is 4. The Bertz CT molecular complexity index is 639. The van der Waals surface area contributed by atoms with Crippen molar-refractivity contribution in [1.82, 2.24) is 10.3 Å². The molecule has 0 bridgehead atoms. The smallest absolute Gasteiger partial charge is 0.221 e. The molecule has 20 heavy (non-hydrogen) atoms. The van der Waals surface area contributed by atoms with E-state index >= 15 is 0 Å². The van der Waals surface area contributed by atoms with Crippen LogP contribution >= 0.6 is 0 Å². The number of anilines is 2. The summed E-state index contributed by atoms with van der Waals surface area (Å²) in [7, 11) is 3.62. The fourth-order valence-electron chi connectivity index (χ4n) is 2.20. The summed E-state index contributed by atoms with van der Waals surface area (Å²) in [6, 6.07) is 5.89. The van der Waals surface area contributed by atoms with E-state index in [0.29, 0.717) is 13.0 Å². The molecule has 0 aliphatic carbocycles. The third kappa shape index (κ3) is 2.82. The number of carbonyl (C=O) groups is 1. The summed E-state index contributed by atoms with van der Waals surface area (Å²) in [5.41, 5.74) is 8.72. The van der Waals surface area contributed by atoms with Crippen LogP contribution in [0.15, 0.2) is 24.4 Å². The van der Waals surface area contributed by atoms with Gasteiger partial charge in [-0.25, -0.2) is 0 Å². The normalized spacial score (nSPS) is 10.6. The van der Waals surface area contributed by atoms with Gasteiger partial charge >= 0.3 is 0 Å². The highest BCUT2D eigenvalue weighted by Crippen LogP contribution is 2.30. The van der Waals surface area contributed by atoms with Crippen molar-refractivity contribution in [3.63, 3.8) is 0 Å². The summed E-state index contributed by atoms with van der Waals surface area (Å²) < 4.78 is 0. The Balaban J connectivity index is 2.36. The lowest BCUT2D eigenvalue weighted by Crippen LogP contribution is -2.26. The molecule has 0 aliphatic heterocycles. The van der Waals surface area contributed by atoms with Crippen molar-refractivity contribution in [2.45, 2.75) is 13.3 Å². The van der Waals surface area contributed by atoms with Gasteiger partial charge in [-0.3, -0.25) is 9.78 Å². The Kier molecular flexibility index (Phi) is 4.08. The van der Waals surface area contributed by atoms with E-state index < -0.39 is 0 Å². The van der Waals surface area contributed by atoms with Gasteiger partial charge in [-0.1, -0.05) is 0 Å². The van der Waals surface area contributed by atoms with Gasteiger partial charge in [0.05, 0.1) is 0 Å². The van der Waals surface area contributed by atoms with E-state index in [0.717, 1.165) is 27.8 Å². The zero-order chi connectivity index (χ0) is 14.7. The van der Waals surface area contributed by atoms with E-state index in [1.807, 2.05) is 32.2 Å². The Morgan fingerprint density at radius 2 is 2.15 bits per heavy atom. The van der Waals surface area contributed by atoms with Gasteiger partial charge < -0.3 is 16.0 Å². The van der Waals surface area contributed by atoms with E-state index in [-0.39, 0.29) is 5.91 Å². The molecule has 3 N–H and O–H groups in total. The number of nitrogens with one attached hydrogen (secondary N) is 1. The van der Waals surface area contributed by atoms with Crippen LogP contribution in [0.4, 0.5) is 11.4 Å². The predicted molar refractivity (Wildman–Crippen MR) is 82.8 cm³/mol. The van der Waals surface area contributed by atoms with Crippen LogP contribution in [0.25, 0.3) is 10.8 Å². The molecule has 106 valence electrons. The summed E-state index contributed by atoms with van der Waals surface area (Å²) in [5, 5.41) is 4.64. The molecule has 0 aliphatic rings. The van der Waals surface area contributed by atoms with Crippen molar-refractivity contribution < 1.29 is 4.79 Å². The molecule has 0 spiro atoms. The number of carbonyl (C=O) groups excluding carboxylic acids is 1. The van der Waals surface area contributed by atoms with Crippen molar-refractivity contribution >= 4 is 28.1 Å². The molecule has 1 aromatic heterocycles. The summed E-state index contributed by atoms with van der Waals surface area (Å²) in [6.45, 7) is 2.61. The Morgan fingerprint density at radius 1 is 1.40 bits per heavy atom. The number of aromatic nitrogens is 1. The molecule has 2 aromatic rings. The lowest BCUT2D eigenvalue weighted by atomic mass is 10.1. The third-order valence-corrected chi connectivity index (χ3v) is 3.41. The largest absolute Gasteiger partial charge is 0.398 e. The minimum Gasteiger partial charge on any atom is -0.398 e. The summed E-state index contributed by atoms with van der Waals surface area (Å²) in [6.07, 6.45) is 2.26. The second-order valence-corrected chi connectivity index (χ2v) is 4.89. The maximum atomic E-state index is 11.4. The fourth-order valence-corrected chi connectivity index (χ4v) is 2.20. The van der Waals surface area contributed by atoms with Gasteiger partial charge in [-0.2, -0.15) is 0 Å². The summed E-state index contributed by atoms with van der Waals surface area (Å²) >= 11 is 0. The topological polar surface area (TPSA) is 71.2 Å². The fraction of sp³-hybridized carbons (Fsp3) is 0.333. The highest BCUT2D eigenvalue weighted by atomic mass is 16.1. The number of pyridine rings is 1. The number of nitrogens with two attached hydrogens (primary N) is 1. The third-order valence-electron chi connectivity index (χ3n) is 3.41. The maximum Gasteiger partial charge on any atom is 0.221 e. The number of aryl methyl sites for hydroxylation is 1. The SMILES string of the molecule is CNC(=O)CCN(C)c1ccc(N)c2cnc(C)cc12. The molecule has 5 nitrogen and oxygen atoms in total. The van der Waals surface area contributed by atoms with Crippen LogP contribution in [0.2, 0.25) is 0 Å². The number of benzene rings is 1. The molecule has 2 rings (SSSR count). The van der Waals surface area contributed by atoms with E-state index in [4.69, 9.17) is 5.73 Å². The molecule has 0 radical (unpaired) electrons. The monoisotopic (exact) mass is 272 g/mol. The van der Waals surface area contributed by atoms with Crippen LogP contribution in [0.1, 0.15) is 12.1 Å². The van der Waals surface area contributed by atoms with Crippen LogP contribution in [-0.2, 0) is 4.79 Å². The molecular formula is C15H20N4O. The molecule has 1 heterocycles. The molecule has 1 aromatic carbocycles. The number of fused-ring (bicyclic) bond motifs is 1. The Morgan fingerprint density at radius 3 is 2.85 bits per heavy atom. The van der Waals surface area contributed by atoms with E-state index in [2.05, 4.69) is 15.2 Å². The first-order valence-corrected chi connectivity index (χ1v) is 6.59. The van der Waals surface area contributed by atoms with E-state index in [1.165, 1.54) is 0 Å². The standard InChI is InChI=1S/C15H20N4O/c1-10-8-11-12(9-18-10)13(16)4-5-14(11)19(3)7-6-15(20)17-2/h4-5,8-9H,6-7,16H2,1-3H3,(H,17,20). The van der Waals surface area contributed by atoms with Gasteiger partial charge in [-0.05, 0) is 25.1 Å². The Hall–Kier alpha value is -2.30. The predicted octanol–water partition coefficient (Wildman–Crippen LogP) is 1.70. The highest BCUT2D eigenvalue weighted by molar-refractivity contribution is 6.01. The van der Waals surface area contributed by atoms with Gasteiger partial charge in [0.2, 0.25) is 5.91 Å². The van der Waals surface area contributed by atoms with E-state index in [1.54, 1.807) is 13.2 Å². The molecule has 0 fully saturated rings. The Labute approximate surface area is 118 Å². The van der Waals surface area contributed by atoms with Gasteiger partial charge in [0.15, 0.2) is 0 Å². The molecule has 0 unspecified atom stereocenters. The number of nitrogen functional groups attached to an aromatic ring is 1. The molecular weight excluding hydrogens is 252 g/mol. The van der Waals surface area contributed by atoms with Crippen molar-refractivity contribution in [2.24, 2.45) is 0 Å². The van der Waals surface area contributed by atoms with Crippen molar-refractivity contribution in [3.8, 4) is 0 Å². The first-order valence-electron chi connectivity index (χ1n) is 6.59. The zero-order valence-electron chi connectivity index (χ0n) is 12.1. The average Bonchev–Trinajstić information content (AvgIpc) is 2.44.